The lowest BCUT2D eigenvalue weighted by atomic mass is 10.1. The lowest BCUT2D eigenvalue weighted by Gasteiger charge is -2.04. The second-order valence-electron chi connectivity index (χ2n) is 7.70. The van der Waals surface area contributed by atoms with E-state index in [0.29, 0.717) is 17.4 Å². The van der Waals surface area contributed by atoms with E-state index in [1.807, 2.05) is 62.4 Å². The molecule has 5 rings (SSSR count). The fourth-order valence-electron chi connectivity index (χ4n) is 3.61. The Bertz CT molecular complexity index is 1510. The number of furan rings is 1. The molecule has 5 aromatic rings. The average molecular weight is 437 g/mol. The van der Waals surface area contributed by atoms with E-state index in [2.05, 4.69) is 9.98 Å². The SMILES string of the molecule is Cc1ccc2oc(-c3cccc(N=Cc4ccc(-c5ccc([N+](=O)[O-])cc5)o4)c3C)nc2c1. The summed E-state index contributed by atoms with van der Waals surface area (Å²) in [6.45, 7) is 4.00. The topological polar surface area (TPSA) is 94.7 Å². The van der Waals surface area contributed by atoms with Crippen molar-refractivity contribution in [3.05, 3.63) is 99.8 Å². The minimum Gasteiger partial charge on any atom is -0.455 e. The largest absolute Gasteiger partial charge is 0.455 e. The van der Waals surface area contributed by atoms with Crippen LogP contribution in [0.5, 0.6) is 0 Å². The molecule has 7 heteroatoms. The molecule has 0 radical (unpaired) electrons. The van der Waals surface area contributed by atoms with Gasteiger partial charge in [-0.15, -0.1) is 0 Å². The second kappa shape index (κ2) is 8.20. The minimum atomic E-state index is -0.428. The molecule has 0 bridgehead atoms. The molecular weight excluding hydrogens is 418 g/mol. The van der Waals surface area contributed by atoms with Gasteiger partial charge in [0, 0.05) is 23.3 Å². The van der Waals surface area contributed by atoms with Crippen molar-refractivity contribution in [2.24, 2.45) is 4.99 Å². The van der Waals surface area contributed by atoms with Gasteiger partial charge in [-0.1, -0.05) is 12.1 Å². The third-order valence-electron chi connectivity index (χ3n) is 5.40. The van der Waals surface area contributed by atoms with Gasteiger partial charge in [-0.05, 0) is 73.5 Å². The number of benzene rings is 3. The molecule has 0 aliphatic heterocycles. The Labute approximate surface area is 189 Å². The van der Waals surface area contributed by atoms with Crippen LogP contribution in [0.25, 0.3) is 33.9 Å². The molecule has 0 amide bonds. The number of oxazole rings is 1. The van der Waals surface area contributed by atoms with Crippen molar-refractivity contribution in [2.45, 2.75) is 13.8 Å². The van der Waals surface area contributed by atoms with E-state index in [1.165, 1.54) is 12.1 Å². The molecular formula is C26H19N3O4. The molecule has 0 aliphatic rings. The van der Waals surface area contributed by atoms with E-state index in [4.69, 9.17) is 8.83 Å². The molecule has 2 aromatic heterocycles. The summed E-state index contributed by atoms with van der Waals surface area (Å²) in [7, 11) is 0. The normalized spacial score (nSPS) is 11.5. The quantitative estimate of drug-likeness (QED) is 0.167. The van der Waals surface area contributed by atoms with Crippen molar-refractivity contribution >= 4 is 28.7 Å². The summed E-state index contributed by atoms with van der Waals surface area (Å²) < 4.78 is 11.8. The number of non-ortho nitro benzene ring substituents is 1. The molecule has 162 valence electrons. The first-order chi connectivity index (χ1) is 16.0. The zero-order valence-electron chi connectivity index (χ0n) is 18.0. The van der Waals surface area contributed by atoms with E-state index < -0.39 is 4.92 Å². The zero-order valence-corrected chi connectivity index (χ0v) is 18.0. The Morgan fingerprint density at radius 2 is 1.79 bits per heavy atom. The van der Waals surface area contributed by atoms with Crippen LogP contribution in [-0.2, 0) is 0 Å². The van der Waals surface area contributed by atoms with Crippen LogP contribution in [0, 0.1) is 24.0 Å². The maximum atomic E-state index is 10.8. The van der Waals surface area contributed by atoms with Crippen LogP contribution in [-0.4, -0.2) is 16.1 Å². The predicted octanol–water partition coefficient (Wildman–Crippen LogP) is 7.03. The van der Waals surface area contributed by atoms with Gasteiger partial charge in [0.15, 0.2) is 5.58 Å². The monoisotopic (exact) mass is 437 g/mol. The summed E-state index contributed by atoms with van der Waals surface area (Å²) in [4.78, 5) is 19.6. The minimum absolute atomic E-state index is 0.0385. The summed E-state index contributed by atoms with van der Waals surface area (Å²) in [5.74, 6) is 1.74. The Balaban J connectivity index is 1.41. The summed E-state index contributed by atoms with van der Waals surface area (Å²) in [6, 6.07) is 21.6. The lowest BCUT2D eigenvalue weighted by molar-refractivity contribution is -0.384. The van der Waals surface area contributed by atoms with Gasteiger partial charge in [0.05, 0.1) is 16.8 Å². The summed E-state index contributed by atoms with van der Waals surface area (Å²) >= 11 is 0. The predicted molar refractivity (Wildman–Crippen MR) is 127 cm³/mol. The number of nitro benzene ring substituents is 1. The Kier molecular flexibility index (Phi) is 5.06. The fraction of sp³-hybridized carbons (Fsp3) is 0.0769. The van der Waals surface area contributed by atoms with Crippen LogP contribution in [0.15, 0.2) is 86.6 Å². The lowest BCUT2D eigenvalue weighted by Crippen LogP contribution is -1.86. The maximum absolute atomic E-state index is 10.8. The van der Waals surface area contributed by atoms with Gasteiger partial charge in [0.1, 0.15) is 17.0 Å². The van der Waals surface area contributed by atoms with Crippen LogP contribution in [0.3, 0.4) is 0 Å². The summed E-state index contributed by atoms with van der Waals surface area (Å²) in [5.41, 5.74) is 6.10. The van der Waals surface area contributed by atoms with Crippen molar-refractivity contribution in [3.63, 3.8) is 0 Å². The van der Waals surface area contributed by atoms with Crippen molar-refractivity contribution in [2.75, 3.05) is 0 Å². The van der Waals surface area contributed by atoms with Gasteiger partial charge in [0.2, 0.25) is 5.89 Å². The fourth-order valence-corrected chi connectivity index (χ4v) is 3.61. The van der Waals surface area contributed by atoms with E-state index in [0.717, 1.165) is 39.0 Å². The molecule has 7 nitrogen and oxygen atoms in total. The zero-order chi connectivity index (χ0) is 22.9. The van der Waals surface area contributed by atoms with Crippen LogP contribution in [0.1, 0.15) is 16.9 Å². The second-order valence-corrected chi connectivity index (χ2v) is 7.70. The Morgan fingerprint density at radius 3 is 2.58 bits per heavy atom. The average Bonchev–Trinajstić information content (AvgIpc) is 3.45. The van der Waals surface area contributed by atoms with Crippen LogP contribution < -0.4 is 0 Å². The molecule has 0 saturated carbocycles. The van der Waals surface area contributed by atoms with Gasteiger partial charge in [-0.3, -0.25) is 15.1 Å². The highest BCUT2D eigenvalue weighted by atomic mass is 16.6. The molecule has 0 N–H and O–H groups in total. The smallest absolute Gasteiger partial charge is 0.269 e. The van der Waals surface area contributed by atoms with Crippen LogP contribution in [0.4, 0.5) is 11.4 Å². The van der Waals surface area contributed by atoms with E-state index in [1.54, 1.807) is 18.3 Å². The first-order valence-electron chi connectivity index (χ1n) is 10.3. The maximum Gasteiger partial charge on any atom is 0.269 e. The molecule has 2 heterocycles. The number of nitrogens with zero attached hydrogens (tertiary/aromatic N) is 3. The molecule has 3 aromatic carbocycles. The van der Waals surface area contributed by atoms with Gasteiger partial charge in [-0.25, -0.2) is 4.98 Å². The standard InChI is InChI=1S/C26H19N3O4/c1-16-6-12-25-23(14-16)28-26(33-25)21-4-3-5-22(17(21)2)27-15-20-11-13-24(32-20)18-7-9-19(10-8-18)29(30)31/h3-15H,1-2H3. The number of aliphatic imine (C=N–C) groups is 1. The molecule has 0 saturated heterocycles. The number of rotatable bonds is 5. The number of hydrogen-bond donors (Lipinski definition) is 0. The van der Waals surface area contributed by atoms with E-state index in [-0.39, 0.29) is 5.69 Å². The number of aryl methyl sites for hydroxylation is 1. The van der Waals surface area contributed by atoms with Crippen molar-refractivity contribution in [3.8, 4) is 22.8 Å². The molecule has 0 fully saturated rings. The van der Waals surface area contributed by atoms with Gasteiger partial charge in [-0.2, -0.15) is 0 Å². The van der Waals surface area contributed by atoms with Crippen molar-refractivity contribution in [1.82, 2.24) is 4.98 Å². The number of nitro groups is 1. The highest BCUT2D eigenvalue weighted by Gasteiger charge is 2.13. The molecule has 33 heavy (non-hydrogen) atoms. The first-order valence-corrected chi connectivity index (χ1v) is 10.3. The molecule has 0 atom stereocenters. The summed E-state index contributed by atoms with van der Waals surface area (Å²) in [5, 5.41) is 10.8. The van der Waals surface area contributed by atoms with Crippen LogP contribution in [0.2, 0.25) is 0 Å². The van der Waals surface area contributed by atoms with Gasteiger partial charge in [0.25, 0.3) is 5.69 Å². The van der Waals surface area contributed by atoms with Gasteiger partial charge < -0.3 is 8.83 Å². The summed E-state index contributed by atoms with van der Waals surface area (Å²) in [6.07, 6.45) is 1.65. The number of hydrogen-bond acceptors (Lipinski definition) is 6. The van der Waals surface area contributed by atoms with Crippen molar-refractivity contribution < 1.29 is 13.8 Å². The third kappa shape index (κ3) is 4.04. The highest BCUT2D eigenvalue weighted by molar-refractivity contribution is 5.82. The Morgan fingerprint density at radius 1 is 0.970 bits per heavy atom. The Hall–Kier alpha value is -4.52. The third-order valence-corrected chi connectivity index (χ3v) is 5.40. The van der Waals surface area contributed by atoms with Gasteiger partial charge >= 0.3 is 0 Å². The van der Waals surface area contributed by atoms with E-state index >= 15 is 0 Å². The molecule has 0 aliphatic carbocycles. The van der Waals surface area contributed by atoms with Crippen molar-refractivity contribution in [1.29, 1.82) is 0 Å². The number of fused-ring (bicyclic) bond motifs is 1. The molecule has 0 spiro atoms. The first kappa shape index (κ1) is 20.4. The van der Waals surface area contributed by atoms with E-state index in [9.17, 15) is 10.1 Å². The van der Waals surface area contributed by atoms with Crippen LogP contribution >= 0.6 is 0 Å². The molecule has 0 unspecified atom stereocenters. The number of aromatic nitrogens is 1. The highest BCUT2D eigenvalue weighted by Crippen LogP contribution is 2.32.